The number of rotatable bonds is 0. The highest BCUT2D eigenvalue weighted by Gasteiger charge is 1.34. The Hall–Kier alpha value is -0.203. The first kappa shape index (κ1) is 3.80. The van der Waals surface area contributed by atoms with Crippen LogP contribution in [0.4, 0.5) is 0 Å². The molecule has 0 rings (SSSR count). The molecule has 0 saturated heterocycles. The normalized spacial score (nSPS) is 4.25. The van der Waals surface area contributed by atoms with Gasteiger partial charge in [-0.15, -0.1) is 0 Å². The van der Waals surface area contributed by atoms with E-state index in [-0.39, 0.29) is 9.13 Å². The summed E-state index contributed by atoms with van der Waals surface area (Å²) in [5.74, 6) is 0. The molecule has 0 bridgehead atoms. The van der Waals surface area contributed by atoms with Gasteiger partial charge >= 0.3 is 0 Å². The largest absolute Gasteiger partial charge is 0.243 e. The predicted molar refractivity (Wildman–Crippen MR) is 18.7 cm³/mol. The Balaban J connectivity index is 3.11. The topological polar surface area (TPSA) is 17.1 Å². The van der Waals surface area contributed by atoms with Crippen LogP contribution in [0.5, 0.6) is 0 Å². The van der Waals surface area contributed by atoms with Crippen LogP contribution in [0.15, 0.2) is 0 Å². The Morgan fingerprint density at radius 3 is 2.25 bits per heavy atom. The van der Waals surface area contributed by atoms with Crippen molar-refractivity contribution in [1.82, 2.24) is 0 Å². The average Bonchev–Trinajstić information content (AvgIpc) is 1.37. The molecular formula is C2H4OSi. The zero-order valence-electron chi connectivity index (χ0n) is 2.49. The van der Waals surface area contributed by atoms with Gasteiger partial charge in [-0.2, -0.15) is 0 Å². The van der Waals surface area contributed by atoms with Crippen LogP contribution < -0.4 is 0 Å². The Morgan fingerprint density at radius 1 is 2.00 bits per heavy atom. The zero-order valence-corrected chi connectivity index (χ0v) is 3.64. The van der Waals surface area contributed by atoms with Crippen LogP contribution in [-0.2, 0) is 4.79 Å². The summed E-state index contributed by atoms with van der Waals surface area (Å²) < 4.78 is 0. The van der Waals surface area contributed by atoms with E-state index in [2.05, 4.69) is 0 Å². The van der Waals surface area contributed by atoms with Crippen molar-refractivity contribution in [3.63, 3.8) is 0 Å². The van der Waals surface area contributed by atoms with E-state index in [1.54, 1.807) is 5.54 Å². The summed E-state index contributed by atoms with van der Waals surface area (Å²) in [5, 5.41) is 0. The summed E-state index contributed by atoms with van der Waals surface area (Å²) in [4.78, 5) is 9.09. The monoisotopic (exact) mass is 72.0 g/mol. The van der Waals surface area contributed by atoms with E-state index < -0.39 is 0 Å². The molecule has 0 aliphatic carbocycles. The molecule has 0 aliphatic heterocycles. The van der Waals surface area contributed by atoms with Crippen LogP contribution in [-0.4, -0.2) is 14.7 Å². The van der Waals surface area contributed by atoms with Gasteiger partial charge in [-0.05, 0) is 6.55 Å². The second-order valence-electron chi connectivity index (χ2n) is 0.407. The maximum Gasteiger partial charge on any atom is 0.102 e. The van der Waals surface area contributed by atoms with Gasteiger partial charge < -0.3 is 0 Å². The second-order valence-corrected chi connectivity index (χ2v) is 1.22. The fraction of sp³-hybridized carbons (Fsp3) is 0.500. The molecule has 0 aromatic heterocycles. The van der Waals surface area contributed by atoms with Gasteiger partial charge in [0.05, 0.1) is 5.54 Å². The van der Waals surface area contributed by atoms with Gasteiger partial charge in [0.1, 0.15) is 9.13 Å². The highest BCUT2D eigenvalue weighted by atomic mass is 28.2. The van der Waals surface area contributed by atoms with Crippen molar-refractivity contribution in [3.05, 3.63) is 0 Å². The molecule has 0 aromatic carbocycles. The summed E-state index contributed by atoms with van der Waals surface area (Å²) in [5.41, 5.74) is 1.76. The summed E-state index contributed by atoms with van der Waals surface area (Å²) in [7, 11) is -0.0231. The van der Waals surface area contributed by atoms with Crippen molar-refractivity contribution in [1.29, 1.82) is 0 Å². The fourth-order valence-corrected chi connectivity index (χ4v) is 0. The summed E-state index contributed by atoms with van der Waals surface area (Å²) >= 11 is 0. The summed E-state index contributed by atoms with van der Waals surface area (Å²) in [6.45, 7) is 1.84. The average molecular weight is 72.1 g/mol. The molecule has 0 heterocycles. The maximum absolute atomic E-state index is 9.09. The quantitative estimate of drug-likeness (QED) is 0.354. The lowest BCUT2D eigenvalue weighted by Gasteiger charge is -1.28. The molecule has 1 nitrogen and oxygen atoms in total. The summed E-state index contributed by atoms with van der Waals surface area (Å²) in [6.07, 6.45) is 0. The molecule has 0 atom stereocenters. The van der Waals surface area contributed by atoms with Gasteiger partial charge in [0, 0.05) is 0 Å². The maximum atomic E-state index is 9.09. The van der Waals surface area contributed by atoms with E-state index in [0.29, 0.717) is 0 Å². The van der Waals surface area contributed by atoms with Gasteiger partial charge in [0.15, 0.2) is 0 Å². The molecular weight excluding hydrogens is 68.1 g/mol. The molecule has 0 aliphatic rings. The van der Waals surface area contributed by atoms with E-state index in [4.69, 9.17) is 4.79 Å². The second kappa shape index (κ2) is 2.80. The third kappa shape index (κ3) is 1.80. The highest BCUT2D eigenvalue weighted by Crippen LogP contribution is 1.16. The van der Waals surface area contributed by atoms with Crippen molar-refractivity contribution in [3.8, 4) is 0 Å². The van der Waals surface area contributed by atoms with Crippen LogP contribution in [0.2, 0.25) is 6.55 Å². The molecule has 0 spiro atoms. The van der Waals surface area contributed by atoms with Crippen molar-refractivity contribution in [2.75, 3.05) is 0 Å². The van der Waals surface area contributed by atoms with Gasteiger partial charge in [-0.3, -0.25) is 0 Å². The van der Waals surface area contributed by atoms with E-state index in [0.717, 1.165) is 0 Å². The van der Waals surface area contributed by atoms with E-state index in [1.165, 1.54) is 0 Å². The smallest absolute Gasteiger partial charge is 0.102 e. The first-order chi connectivity index (χ1) is 1.91. The molecule has 22 valence electrons. The molecule has 0 radical (unpaired) electrons. The van der Waals surface area contributed by atoms with Gasteiger partial charge in [0.2, 0.25) is 0 Å². The fourth-order valence-electron chi connectivity index (χ4n) is 0. The van der Waals surface area contributed by atoms with Crippen LogP contribution in [0, 0.1) is 0 Å². The lowest BCUT2D eigenvalue weighted by molar-refractivity contribution is 0.571. The predicted octanol–water partition coefficient (Wildman–Crippen LogP) is -0.462. The Morgan fingerprint density at radius 2 is 2.25 bits per heavy atom. The molecule has 0 amide bonds. The lowest BCUT2D eigenvalue weighted by atomic mass is 11.8. The highest BCUT2D eigenvalue weighted by molar-refractivity contribution is 6.41. The molecule has 0 fully saturated rings. The minimum absolute atomic E-state index is 0.0231. The van der Waals surface area contributed by atoms with E-state index >= 15 is 0 Å². The van der Waals surface area contributed by atoms with Crippen molar-refractivity contribution in [2.24, 2.45) is 0 Å². The van der Waals surface area contributed by atoms with Gasteiger partial charge in [-0.25, -0.2) is 4.79 Å². The molecule has 0 saturated carbocycles. The molecule has 0 aromatic rings. The van der Waals surface area contributed by atoms with E-state index in [1.807, 2.05) is 6.55 Å². The third-order valence-corrected chi connectivity index (χ3v) is 0.354. The molecule has 4 heavy (non-hydrogen) atoms. The van der Waals surface area contributed by atoms with Crippen LogP contribution in [0.25, 0.3) is 0 Å². The minimum atomic E-state index is -0.0231. The van der Waals surface area contributed by atoms with Crippen molar-refractivity contribution in [2.45, 2.75) is 6.55 Å². The van der Waals surface area contributed by atoms with Crippen LogP contribution >= 0.6 is 0 Å². The van der Waals surface area contributed by atoms with Crippen LogP contribution in [0.3, 0.4) is 0 Å². The molecule has 0 N–H and O–H groups in total. The Kier molecular flexibility index (Phi) is 2.65. The Labute approximate surface area is 27.1 Å². The van der Waals surface area contributed by atoms with Crippen LogP contribution in [0.1, 0.15) is 0 Å². The molecule has 2 heteroatoms. The van der Waals surface area contributed by atoms with Gasteiger partial charge in [0.25, 0.3) is 0 Å². The third-order valence-electron chi connectivity index (χ3n) is 0.118. The van der Waals surface area contributed by atoms with Crippen molar-refractivity contribution < 1.29 is 4.79 Å². The number of carbonyl (C=O) groups excluding carboxylic acids is 1. The first-order valence-corrected chi connectivity index (χ1v) is 2.80. The first-order valence-electron chi connectivity index (χ1n) is 1.07. The SMILES string of the molecule is C[SiH]=C=O. The Bertz CT molecular complexity index is 44.0. The number of hydrogen-bond donors (Lipinski definition) is 0. The lowest BCUT2D eigenvalue weighted by Crippen LogP contribution is -1.52. The van der Waals surface area contributed by atoms with Gasteiger partial charge in [-0.1, -0.05) is 0 Å². The summed E-state index contributed by atoms with van der Waals surface area (Å²) in [6, 6.07) is 0. The number of hydrogen-bond acceptors (Lipinski definition) is 1. The standard InChI is InChI=1S/C2H4OSi/c1-4-2-3/h4H,1H3. The van der Waals surface area contributed by atoms with E-state index in [9.17, 15) is 0 Å². The van der Waals surface area contributed by atoms with Crippen molar-refractivity contribution >= 4 is 14.7 Å². The zero-order chi connectivity index (χ0) is 3.41. The molecule has 0 unspecified atom stereocenters. The minimum Gasteiger partial charge on any atom is -0.243 e.